The molecule has 2 amide bonds. The van der Waals surface area contributed by atoms with Crippen molar-refractivity contribution in [2.45, 2.75) is 32.7 Å². The maximum atomic E-state index is 12.0. The number of hydrogen-bond donors (Lipinski definition) is 3. The number of rotatable bonds is 7. The van der Waals surface area contributed by atoms with Crippen LogP contribution in [0, 0.1) is 0 Å². The molecule has 134 valence electrons. The highest BCUT2D eigenvalue weighted by Crippen LogP contribution is 2.10. The zero-order valence-corrected chi connectivity index (χ0v) is 15.1. The maximum absolute atomic E-state index is 12.0. The van der Waals surface area contributed by atoms with Gasteiger partial charge in [0.05, 0.1) is 6.42 Å². The third kappa shape index (κ3) is 7.27. The fraction of sp³-hybridized carbons (Fsp3) is 0.263. The van der Waals surface area contributed by atoms with Crippen molar-refractivity contribution in [3.05, 3.63) is 59.7 Å². The van der Waals surface area contributed by atoms with Gasteiger partial charge in [-0.05, 0) is 41.8 Å². The zero-order chi connectivity index (χ0) is 17.4. The first kappa shape index (κ1) is 20.5. The smallest absolute Gasteiger partial charge is 0.224 e. The van der Waals surface area contributed by atoms with Gasteiger partial charge in [-0.15, -0.1) is 12.4 Å². The second-order valence-corrected chi connectivity index (χ2v) is 5.69. The Morgan fingerprint density at radius 1 is 0.920 bits per heavy atom. The van der Waals surface area contributed by atoms with Crippen LogP contribution in [0.3, 0.4) is 0 Å². The summed E-state index contributed by atoms with van der Waals surface area (Å²) < 4.78 is 0. The van der Waals surface area contributed by atoms with Crippen molar-refractivity contribution in [1.29, 1.82) is 0 Å². The monoisotopic (exact) mass is 361 g/mol. The van der Waals surface area contributed by atoms with Crippen molar-refractivity contribution in [3.63, 3.8) is 0 Å². The van der Waals surface area contributed by atoms with E-state index in [1.807, 2.05) is 43.3 Å². The SMILES string of the molecule is CCCC(=O)Nc1ccc(CNC(=O)Cc2ccc(N)cc2)cc1.Cl. The van der Waals surface area contributed by atoms with E-state index in [9.17, 15) is 9.59 Å². The van der Waals surface area contributed by atoms with Gasteiger partial charge in [-0.1, -0.05) is 31.2 Å². The summed E-state index contributed by atoms with van der Waals surface area (Å²) in [4.78, 5) is 23.5. The molecular formula is C19H24ClN3O2. The van der Waals surface area contributed by atoms with Gasteiger partial charge >= 0.3 is 0 Å². The molecule has 0 heterocycles. The lowest BCUT2D eigenvalue weighted by Crippen LogP contribution is -2.24. The first-order valence-corrected chi connectivity index (χ1v) is 8.06. The van der Waals surface area contributed by atoms with Gasteiger partial charge < -0.3 is 16.4 Å². The fourth-order valence-corrected chi connectivity index (χ4v) is 2.24. The number of amides is 2. The molecule has 0 aliphatic heterocycles. The molecule has 0 aliphatic rings. The Kier molecular flexibility index (Phi) is 8.50. The number of benzene rings is 2. The summed E-state index contributed by atoms with van der Waals surface area (Å²) in [5.41, 5.74) is 8.99. The molecule has 0 aromatic heterocycles. The Balaban J connectivity index is 0.00000312. The summed E-state index contributed by atoms with van der Waals surface area (Å²) >= 11 is 0. The topological polar surface area (TPSA) is 84.2 Å². The van der Waals surface area contributed by atoms with E-state index >= 15 is 0 Å². The van der Waals surface area contributed by atoms with Crippen LogP contribution in [0.5, 0.6) is 0 Å². The van der Waals surface area contributed by atoms with E-state index in [4.69, 9.17) is 5.73 Å². The molecule has 0 bridgehead atoms. The molecule has 2 rings (SSSR count). The molecule has 0 atom stereocenters. The summed E-state index contributed by atoms with van der Waals surface area (Å²) in [6.07, 6.45) is 1.67. The van der Waals surface area contributed by atoms with Crippen LogP contribution >= 0.6 is 12.4 Å². The van der Waals surface area contributed by atoms with E-state index < -0.39 is 0 Å². The molecule has 0 fully saturated rings. The Labute approximate surface area is 154 Å². The van der Waals surface area contributed by atoms with Crippen molar-refractivity contribution in [1.82, 2.24) is 5.32 Å². The van der Waals surface area contributed by atoms with Gasteiger partial charge in [0.25, 0.3) is 0 Å². The zero-order valence-electron chi connectivity index (χ0n) is 14.2. The summed E-state index contributed by atoms with van der Waals surface area (Å²) in [6.45, 7) is 2.42. The van der Waals surface area contributed by atoms with Crippen LogP contribution in [0.1, 0.15) is 30.9 Å². The van der Waals surface area contributed by atoms with Gasteiger partial charge in [-0.25, -0.2) is 0 Å². The Morgan fingerprint density at radius 2 is 1.52 bits per heavy atom. The lowest BCUT2D eigenvalue weighted by atomic mass is 10.1. The average Bonchev–Trinajstić information content (AvgIpc) is 2.56. The van der Waals surface area contributed by atoms with Gasteiger partial charge in [0, 0.05) is 24.3 Å². The minimum Gasteiger partial charge on any atom is -0.399 e. The molecule has 4 N–H and O–H groups in total. The number of nitrogens with one attached hydrogen (secondary N) is 2. The number of nitrogen functional groups attached to an aromatic ring is 1. The Hall–Kier alpha value is -2.53. The van der Waals surface area contributed by atoms with E-state index in [2.05, 4.69) is 10.6 Å². The van der Waals surface area contributed by atoms with Crippen molar-refractivity contribution < 1.29 is 9.59 Å². The first-order valence-electron chi connectivity index (χ1n) is 8.06. The molecule has 25 heavy (non-hydrogen) atoms. The number of halogens is 1. The molecule has 0 unspecified atom stereocenters. The minimum absolute atomic E-state index is 0. The summed E-state index contributed by atoms with van der Waals surface area (Å²) in [5.74, 6) is -0.0258. The van der Waals surface area contributed by atoms with Gasteiger partial charge in [-0.3, -0.25) is 9.59 Å². The molecule has 0 aliphatic carbocycles. The Morgan fingerprint density at radius 3 is 2.12 bits per heavy atom. The second kappa shape index (κ2) is 10.4. The standard InChI is InChI=1S/C19H23N3O2.ClH/c1-2-3-18(23)22-17-10-6-15(7-11-17)13-21-19(24)12-14-4-8-16(20)9-5-14;/h4-11H,2-3,12-13,20H2,1H3,(H,21,24)(H,22,23);1H. The number of nitrogens with two attached hydrogens (primary N) is 1. The van der Waals surface area contributed by atoms with Crippen LogP contribution in [0.4, 0.5) is 11.4 Å². The third-order valence-electron chi connectivity index (χ3n) is 3.55. The second-order valence-electron chi connectivity index (χ2n) is 5.69. The number of hydrogen-bond acceptors (Lipinski definition) is 3. The van der Waals surface area contributed by atoms with E-state index in [1.54, 1.807) is 12.1 Å². The van der Waals surface area contributed by atoms with Crippen LogP contribution in [0.25, 0.3) is 0 Å². The van der Waals surface area contributed by atoms with Gasteiger partial charge in [0.2, 0.25) is 11.8 Å². The first-order chi connectivity index (χ1) is 11.6. The highest BCUT2D eigenvalue weighted by atomic mass is 35.5. The molecule has 5 nitrogen and oxygen atoms in total. The summed E-state index contributed by atoms with van der Waals surface area (Å²) in [7, 11) is 0. The van der Waals surface area contributed by atoms with Gasteiger partial charge in [0.1, 0.15) is 0 Å². The predicted octanol–water partition coefficient (Wildman–Crippen LogP) is 3.29. The van der Waals surface area contributed by atoms with Crippen molar-refractivity contribution in [2.24, 2.45) is 0 Å². The highest BCUT2D eigenvalue weighted by molar-refractivity contribution is 5.90. The predicted molar refractivity (Wildman–Crippen MR) is 104 cm³/mol. The van der Waals surface area contributed by atoms with Crippen molar-refractivity contribution >= 4 is 35.6 Å². The molecule has 6 heteroatoms. The largest absolute Gasteiger partial charge is 0.399 e. The lowest BCUT2D eigenvalue weighted by molar-refractivity contribution is -0.120. The fourth-order valence-electron chi connectivity index (χ4n) is 2.24. The van der Waals surface area contributed by atoms with Crippen LogP contribution in [-0.2, 0) is 22.6 Å². The van der Waals surface area contributed by atoms with E-state index in [0.29, 0.717) is 25.1 Å². The average molecular weight is 362 g/mol. The maximum Gasteiger partial charge on any atom is 0.224 e. The Bertz CT molecular complexity index is 685. The summed E-state index contributed by atoms with van der Waals surface area (Å²) in [5, 5.41) is 5.72. The minimum atomic E-state index is -0.0416. The van der Waals surface area contributed by atoms with Crippen molar-refractivity contribution in [2.75, 3.05) is 11.1 Å². The summed E-state index contributed by atoms with van der Waals surface area (Å²) in [6, 6.07) is 14.7. The number of carbonyl (C=O) groups is 2. The van der Waals surface area contributed by atoms with Gasteiger partial charge in [-0.2, -0.15) is 0 Å². The highest BCUT2D eigenvalue weighted by Gasteiger charge is 2.04. The number of anilines is 2. The molecule has 0 spiro atoms. The molecular weight excluding hydrogens is 338 g/mol. The van der Waals surface area contributed by atoms with Crippen LogP contribution in [0.15, 0.2) is 48.5 Å². The number of carbonyl (C=O) groups excluding carboxylic acids is 2. The van der Waals surface area contributed by atoms with E-state index in [0.717, 1.165) is 23.2 Å². The quantitative estimate of drug-likeness (QED) is 0.661. The molecule has 0 saturated carbocycles. The molecule has 0 radical (unpaired) electrons. The van der Waals surface area contributed by atoms with E-state index in [1.165, 1.54) is 0 Å². The van der Waals surface area contributed by atoms with Crippen LogP contribution in [-0.4, -0.2) is 11.8 Å². The van der Waals surface area contributed by atoms with Crippen LogP contribution < -0.4 is 16.4 Å². The van der Waals surface area contributed by atoms with E-state index in [-0.39, 0.29) is 24.2 Å². The molecule has 2 aromatic carbocycles. The lowest BCUT2D eigenvalue weighted by Gasteiger charge is -2.08. The molecule has 0 saturated heterocycles. The third-order valence-corrected chi connectivity index (χ3v) is 3.55. The van der Waals surface area contributed by atoms with Crippen LogP contribution in [0.2, 0.25) is 0 Å². The van der Waals surface area contributed by atoms with Crippen molar-refractivity contribution in [3.8, 4) is 0 Å². The molecule has 2 aromatic rings. The van der Waals surface area contributed by atoms with Gasteiger partial charge in [0.15, 0.2) is 0 Å². The normalized spacial score (nSPS) is 9.80.